The average Bonchev–Trinajstić information content (AvgIpc) is 2.58. The summed E-state index contributed by atoms with van der Waals surface area (Å²) in [7, 11) is 0. The minimum absolute atomic E-state index is 0.114. The molecular weight excluding hydrogens is 212 g/mol. The predicted molar refractivity (Wildman–Crippen MR) is 66.0 cm³/mol. The van der Waals surface area contributed by atoms with Gasteiger partial charge in [-0.1, -0.05) is 12.0 Å². The maximum atomic E-state index is 12.0. The third kappa shape index (κ3) is 2.03. The van der Waals surface area contributed by atoms with Crippen LogP contribution in [0.2, 0.25) is 0 Å². The van der Waals surface area contributed by atoms with Crippen molar-refractivity contribution in [2.75, 3.05) is 0 Å². The molecule has 0 radical (unpaired) electrons. The van der Waals surface area contributed by atoms with E-state index >= 15 is 0 Å². The topological polar surface area (TPSA) is 33.2 Å². The maximum Gasteiger partial charge on any atom is 0.224 e. The summed E-state index contributed by atoms with van der Waals surface area (Å²) >= 11 is 0. The Bertz CT molecular complexity index is 459. The summed E-state index contributed by atoms with van der Waals surface area (Å²) in [5.41, 5.74) is 0.573. The van der Waals surface area contributed by atoms with Crippen molar-refractivity contribution in [3.8, 4) is 12.3 Å². The van der Waals surface area contributed by atoms with Gasteiger partial charge in [0.15, 0.2) is 0 Å². The second kappa shape index (κ2) is 4.21. The molecule has 0 saturated carbocycles. The van der Waals surface area contributed by atoms with E-state index in [9.17, 15) is 4.79 Å². The van der Waals surface area contributed by atoms with Crippen LogP contribution in [-0.4, -0.2) is 21.3 Å². The Hall–Kier alpha value is -1.82. The van der Waals surface area contributed by atoms with Crippen LogP contribution < -0.4 is 0 Å². The Morgan fingerprint density at radius 1 is 1.53 bits per heavy atom. The van der Waals surface area contributed by atoms with Gasteiger partial charge in [-0.3, -0.25) is 9.78 Å². The minimum Gasteiger partial charge on any atom is -0.318 e. The molecule has 1 amide bonds. The van der Waals surface area contributed by atoms with Crippen molar-refractivity contribution in [3.63, 3.8) is 0 Å². The number of terminal acetylenes is 1. The highest BCUT2D eigenvalue weighted by atomic mass is 16.2. The number of likely N-dealkylation sites (tertiary alicyclic amines) is 1. The van der Waals surface area contributed by atoms with E-state index in [0.717, 1.165) is 12.1 Å². The fourth-order valence-corrected chi connectivity index (χ4v) is 2.31. The third-order valence-corrected chi connectivity index (χ3v) is 3.26. The fourth-order valence-electron chi connectivity index (χ4n) is 2.31. The van der Waals surface area contributed by atoms with Gasteiger partial charge in [0.2, 0.25) is 5.91 Å². The van der Waals surface area contributed by atoms with Gasteiger partial charge in [0.1, 0.15) is 6.04 Å². The van der Waals surface area contributed by atoms with Crippen molar-refractivity contribution >= 4 is 5.91 Å². The van der Waals surface area contributed by atoms with Gasteiger partial charge in [0.05, 0.1) is 5.69 Å². The van der Waals surface area contributed by atoms with Crippen LogP contribution in [0, 0.1) is 12.3 Å². The van der Waals surface area contributed by atoms with Gasteiger partial charge in [-0.25, -0.2) is 0 Å². The molecule has 0 aliphatic carbocycles. The SMILES string of the molecule is C#CC(c1ccccn1)N1C(=O)CCC1(C)C. The Balaban J connectivity index is 2.38. The molecule has 3 heteroatoms. The van der Waals surface area contributed by atoms with Crippen LogP contribution in [0.25, 0.3) is 0 Å². The lowest BCUT2D eigenvalue weighted by Crippen LogP contribution is -2.43. The van der Waals surface area contributed by atoms with Gasteiger partial charge in [-0.15, -0.1) is 6.42 Å². The molecule has 1 aliphatic rings. The molecule has 3 nitrogen and oxygen atoms in total. The molecule has 88 valence electrons. The zero-order chi connectivity index (χ0) is 12.5. The third-order valence-electron chi connectivity index (χ3n) is 3.26. The lowest BCUT2D eigenvalue weighted by molar-refractivity contribution is -0.132. The van der Waals surface area contributed by atoms with E-state index in [1.54, 1.807) is 11.1 Å². The molecular formula is C14H16N2O. The number of carbonyl (C=O) groups is 1. The molecule has 1 fully saturated rings. The molecule has 1 aromatic rings. The summed E-state index contributed by atoms with van der Waals surface area (Å²) in [6.07, 6.45) is 8.70. The minimum atomic E-state index is -0.360. The molecule has 1 unspecified atom stereocenters. The first-order valence-electron chi connectivity index (χ1n) is 5.75. The number of aromatic nitrogens is 1. The Labute approximate surface area is 102 Å². The number of rotatable bonds is 2. The van der Waals surface area contributed by atoms with Crippen LogP contribution in [-0.2, 0) is 4.79 Å². The molecule has 1 saturated heterocycles. The maximum absolute atomic E-state index is 12.0. The molecule has 2 rings (SSSR count). The summed E-state index contributed by atoms with van der Waals surface area (Å²) in [6, 6.07) is 5.24. The van der Waals surface area contributed by atoms with Crippen molar-refractivity contribution in [2.24, 2.45) is 0 Å². The van der Waals surface area contributed by atoms with E-state index in [1.807, 2.05) is 32.0 Å². The highest BCUT2D eigenvalue weighted by Gasteiger charge is 2.42. The highest BCUT2D eigenvalue weighted by Crippen LogP contribution is 2.36. The van der Waals surface area contributed by atoms with Crippen molar-refractivity contribution in [1.29, 1.82) is 0 Å². The monoisotopic (exact) mass is 228 g/mol. The number of carbonyl (C=O) groups excluding carboxylic acids is 1. The van der Waals surface area contributed by atoms with Crippen molar-refractivity contribution in [3.05, 3.63) is 30.1 Å². The van der Waals surface area contributed by atoms with E-state index in [4.69, 9.17) is 6.42 Å². The summed E-state index contributed by atoms with van der Waals surface area (Å²) in [4.78, 5) is 18.0. The number of hydrogen-bond donors (Lipinski definition) is 0. The molecule has 1 atom stereocenters. The summed E-state index contributed by atoms with van der Waals surface area (Å²) in [5, 5.41) is 0. The molecule has 0 spiro atoms. The zero-order valence-electron chi connectivity index (χ0n) is 10.2. The average molecular weight is 228 g/mol. The molecule has 17 heavy (non-hydrogen) atoms. The van der Waals surface area contributed by atoms with Crippen molar-refractivity contribution in [2.45, 2.75) is 38.3 Å². The van der Waals surface area contributed by atoms with Crippen LogP contribution in [0.1, 0.15) is 38.4 Å². The number of nitrogens with zero attached hydrogens (tertiary/aromatic N) is 2. The lowest BCUT2D eigenvalue weighted by atomic mass is 9.99. The van der Waals surface area contributed by atoms with Crippen molar-refractivity contribution in [1.82, 2.24) is 9.88 Å². The Morgan fingerprint density at radius 3 is 2.76 bits per heavy atom. The van der Waals surface area contributed by atoms with E-state index in [0.29, 0.717) is 6.42 Å². The van der Waals surface area contributed by atoms with Gasteiger partial charge < -0.3 is 4.90 Å². The van der Waals surface area contributed by atoms with Crippen LogP contribution in [0.4, 0.5) is 0 Å². The Morgan fingerprint density at radius 2 is 2.29 bits per heavy atom. The standard InChI is InChI=1S/C14H16N2O/c1-4-12(11-7-5-6-10-15-11)16-13(17)8-9-14(16,2)3/h1,5-7,10,12H,8-9H2,2-3H3. The highest BCUT2D eigenvalue weighted by molar-refractivity contribution is 5.80. The predicted octanol–water partition coefficient (Wildman–Crippen LogP) is 2.16. The Kier molecular flexibility index (Phi) is 2.89. The summed E-state index contributed by atoms with van der Waals surface area (Å²) in [6.45, 7) is 4.09. The summed E-state index contributed by atoms with van der Waals surface area (Å²) in [5.74, 6) is 2.80. The number of hydrogen-bond acceptors (Lipinski definition) is 2. The van der Waals surface area contributed by atoms with Gasteiger partial charge >= 0.3 is 0 Å². The smallest absolute Gasteiger partial charge is 0.224 e. The summed E-state index contributed by atoms with van der Waals surface area (Å²) < 4.78 is 0. The molecule has 1 aromatic heterocycles. The van der Waals surface area contributed by atoms with E-state index in [-0.39, 0.29) is 17.5 Å². The normalized spacial score (nSPS) is 20.1. The quantitative estimate of drug-likeness (QED) is 0.727. The van der Waals surface area contributed by atoms with Crippen LogP contribution in [0.3, 0.4) is 0 Å². The van der Waals surface area contributed by atoms with Gasteiger partial charge in [0.25, 0.3) is 0 Å². The molecule has 2 heterocycles. The molecule has 0 N–H and O–H groups in total. The van der Waals surface area contributed by atoms with Crippen LogP contribution in [0.15, 0.2) is 24.4 Å². The van der Waals surface area contributed by atoms with Gasteiger partial charge in [0, 0.05) is 18.2 Å². The first-order chi connectivity index (χ1) is 8.06. The molecule has 0 aromatic carbocycles. The first-order valence-corrected chi connectivity index (χ1v) is 5.75. The molecule has 0 bridgehead atoms. The largest absolute Gasteiger partial charge is 0.318 e. The van der Waals surface area contributed by atoms with E-state index in [1.165, 1.54) is 0 Å². The number of pyridine rings is 1. The first kappa shape index (κ1) is 11.7. The molecule has 1 aliphatic heterocycles. The lowest BCUT2D eigenvalue weighted by Gasteiger charge is -2.35. The van der Waals surface area contributed by atoms with E-state index < -0.39 is 0 Å². The number of amides is 1. The van der Waals surface area contributed by atoms with Crippen LogP contribution in [0.5, 0.6) is 0 Å². The van der Waals surface area contributed by atoms with Gasteiger partial charge in [-0.05, 0) is 32.4 Å². The fraction of sp³-hybridized carbons (Fsp3) is 0.429. The van der Waals surface area contributed by atoms with Crippen molar-refractivity contribution < 1.29 is 4.79 Å². The van der Waals surface area contributed by atoms with Gasteiger partial charge in [-0.2, -0.15) is 0 Å². The second-order valence-corrected chi connectivity index (χ2v) is 4.90. The van der Waals surface area contributed by atoms with E-state index in [2.05, 4.69) is 10.9 Å². The second-order valence-electron chi connectivity index (χ2n) is 4.90. The zero-order valence-corrected chi connectivity index (χ0v) is 10.2. The van der Waals surface area contributed by atoms with Crippen LogP contribution >= 0.6 is 0 Å².